The van der Waals surface area contributed by atoms with Crippen molar-refractivity contribution in [2.24, 2.45) is 5.92 Å². The number of nitrogens with zero attached hydrogens (tertiary/aromatic N) is 3. The summed E-state index contributed by atoms with van der Waals surface area (Å²) in [5, 5.41) is 9.31. The number of ether oxygens (including phenoxy) is 1. The van der Waals surface area contributed by atoms with E-state index < -0.39 is 0 Å². The van der Waals surface area contributed by atoms with Crippen molar-refractivity contribution >= 4 is 11.5 Å². The molecule has 106 valence electrons. The van der Waals surface area contributed by atoms with Crippen LogP contribution < -0.4 is 15.4 Å². The molecule has 0 bridgehead atoms. The minimum atomic E-state index is -0.138. The maximum atomic E-state index is 9.31. The molecule has 1 saturated carbocycles. The third-order valence-corrected chi connectivity index (χ3v) is 3.28. The van der Waals surface area contributed by atoms with Crippen molar-refractivity contribution in [1.29, 1.82) is 0 Å². The predicted octanol–water partition coefficient (Wildman–Crippen LogP) is 1.05. The van der Waals surface area contributed by atoms with Crippen molar-refractivity contribution in [3.05, 3.63) is 6.33 Å². The normalized spacial score (nSPS) is 22.2. The number of hydrogen-bond acceptors (Lipinski definition) is 6. The second kappa shape index (κ2) is 5.61. The maximum absolute atomic E-state index is 9.31. The summed E-state index contributed by atoms with van der Waals surface area (Å²) < 4.78 is 5.56. The number of aromatic nitrogens is 2. The monoisotopic (exact) mass is 266 g/mol. The van der Waals surface area contributed by atoms with Gasteiger partial charge in [-0.15, -0.1) is 0 Å². The third kappa shape index (κ3) is 3.26. The fourth-order valence-corrected chi connectivity index (χ4v) is 2.32. The minimum absolute atomic E-state index is 0.0251. The zero-order chi connectivity index (χ0) is 14.0. The van der Waals surface area contributed by atoms with Crippen molar-refractivity contribution in [1.82, 2.24) is 9.97 Å². The first-order valence-electron chi connectivity index (χ1n) is 6.63. The highest BCUT2D eigenvalue weighted by molar-refractivity contribution is 5.67. The lowest BCUT2D eigenvalue weighted by atomic mass is 9.82. The molecule has 0 amide bonds. The molecule has 0 saturated heterocycles. The molecule has 2 rings (SSSR count). The van der Waals surface area contributed by atoms with Crippen LogP contribution in [0.2, 0.25) is 0 Å². The molecule has 0 unspecified atom stereocenters. The lowest BCUT2D eigenvalue weighted by Gasteiger charge is -2.35. The first-order valence-corrected chi connectivity index (χ1v) is 6.63. The predicted molar refractivity (Wildman–Crippen MR) is 74.2 cm³/mol. The highest BCUT2D eigenvalue weighted by Crippen LogP contribution is 2.32. The second-order valence-electron chi connectivity index (χ2n) is 5.45. The van der Waals surface area contributed by atoms with Crippen LogP contribution in [0.15, 0.2) is 6.33 Å². The van der Waals surface area contributed by atoms with E-state index in [4.69, 9.17) is 10.5 Å². The van der Waals surface area contributed by atoms with Gasteiger partial charge in [0.15, 0.2) is 5.82 Å². The van der Waals surface area contributed by atoms with Crippen molar-refractivity contribution < 1.29 is 9.84 Å². The number of anilines is 2. The highest BCUT2D eigenvalue weighted by atomic mass is 16.5. The average Bonchev–Trinajstić information content (AvgIpc) is 2.29. The molecule has 0 atom stereocenters. The van der Waals surface area contributed by atoms with Crippen LogP contribution in [-0.2, 0) is 0 Å². The molecule has 1 fully saturated rings. The molecular weight excluding hydrogens is 244 g/mol. The Kier molecular flexibility index (Phi) is 4.09. The Hall–Kier alpha value is -1.56. The molecule has 0 radical (unpaired) electrons. The molecule has 1 heterocycles. The van der Waals surface area contributed by atoms with Crippen LogP contribution in [-0.4, -0.2) is 40.9 Å². The molecule has 3 N–H and O–H groups in total. The van der Waals surface area contributed by atoms with E-state index in [1.165, 1.54) is 6.33 Å². The quantitative estimate of drug-likeness (QED) is 0.828. The SMILES string of the molecule is CC(C)Oc1ncnc(N(C)CC2CC(O)C2)c1N. The average molecular weight is 266 g/mol. The minimum Gasteiger partial charge on any atom is -0.473 e. The van der Waals surface area contributed by atoms with Crippen LogP contribution in [0.4, 0.5) is 11.5 Å². The lowest BCUT2D eigenvalue weighted by molar-refractivity contribution is 0.0464. The third-order valence-electron chi connectivity index (χ3n) is 3.28. The number of hydrogen-bond donors (Lipinski definition) is 2. The Labute approximate surface area is 113 Å². The van der Waals surface area contributed by atoms with Crippen molar-refractivity contribution in [3.63, 3.8) is 0 Å². The highest BCUT2D eigenvalue weighted by Gasteiger charge is 2.29. The maximum Gasteiger partial charge on any atom is 0.242 e. The van der Waals surface area contributed by atoms with Gasteiger partial charge < -0.3 is 20.5 Å². The number of nitrogen functional groups attached to an aromatic ring is 1. The number of aliphatic hydroxyl groups excluding tert-OH is 1. The Morgan fingerprint density at radius 2 is 2.16 bits per heavy atom. The topological polar surface area (TPSA) is 84.5 Å². The summed E-state index contributed by atoms with van der Waals surface area (Å²) in [4.78, 5) is 10.3. The van der Waals surface area contributed by atoms with Crippen LogP contribution in [0.5, 0.6) is 5.88 Å². The number of aliphatic hydroxyl groups is 1. The van der Waals surface area contributed by atoms with Gasteiger partial charge in [-0.1, -0.05) is 0 Å². The molecule has 19 heavy (non-hydrogen) atoms. The molecular formula is C13H22N4O2. The van der Waals surface area contributed by atoms with E-state index >= 15 is 0 Å². The summed E-state index contributed by atoms with van der Waals surface area (Å²) in [6.45, 7) is 4.70. The van der Waals surface area contributed by atoms with Gasteiger partial charge in [0.1, 0.15) is 12.0 Å². The van der Waals surface area contributed by atoms with Gasteiger partial charge in [-0.2, -0.15) is 4.98 Å². The van der Waals surface area contributed by atoms with E-state index in [0.29, 0.717) is 23.3 Å². The van der Waals surface area contributed by atoms with E-state index in [-0.39, 0.29) is 12.2 Å². The van der Waals surface area contributed by atoms with Gasteiger partial charge >= 0.3 is 0 Å². The molecule has 1 aliphatic rings. The summed E-state index contributed by atoms with van der Waals surface area (Å²) >= 11 is 0. The van der Waals surface area contributed by atoms with Crippen LogP contribution in [0.3, 0.4) is 0 Å². The Bertz CT molecular complexity index is 433. The summed E-state index contributed by atoms with van der Waals surface area (Å²) in [6.07, 6.45) is 3.06. The number of nitrogens with two attached hydrogens (primary N) is 1. The van der Waals surface area contributed by atoms with Crippen LogP contribution >= 0.6 is 0 Å². The van der Waals surface area contributed by atoms with Gasteiger partial charge in [-0.25, -0.2) is 4.98 Å². The molecule has 6 nitrogen and oxygen atoms in total. The van der Waals surface area contributed by atoms with Crippen LogP contribution in [0.25, 0.3) is 0 Å². The first-order chi connectivity index (χ1) is 8.97. The standard InChI is InChI=1S/C13H22N4O2/c1-8(2)19-13-11(14)12(15-7-16-13)17(3)6-9-4-10(18)5-9/h7-10,18H,4-6,14H2,1-3H3. The fraction of sp³-hybridized carbons (Fsp3) is 0.692. The Morgan fingerprint density at radius 3 is 2.74 bits per heavy atom. The van der Waals surface area contributed by atoms with E-state index in [1.807, 2.05) is 25.8 Å². The first kappa shape index (κ1) is 13.9. The van der Waals surface area contributed by atoms with Crippen LogP contribution in [0.1, 0.15) is 26.7 Å². The molecule has 0 aliphatic heterocycles. The van der Waals surface area contributed by atoms with Crippen molar-refractivity contribution in [3.8, 4) is 5.88 Å². The smallest absolute Gasteiger partial charge is 0.242 e. The lowest BCUT2D eigenvalue weighted by Crippen LogP contribution is -2.37. The summed E-state index contributed by atoms with van der Waals surface area (Å²) in [5.74, 6) is 1.62. The van der Waals surface area contributed by atoms with Gasteiger partial charge in [-0.3, -0.25) is 0 Å². The second-order valence-corrected chi connectivity index (χ2v) is 5.45. The molecule has 0 spiro atoms. The van der Waals surface area contributed by atoms with Gasteiger partial charge in [-0.05, 0) is 32.6 Å². The Morgan fingerprint density at radius 1 is 1.47 bits per heavy atom. The van der Waals surface area contributed by atoms with E-state index in [0.717, 1.165) is 19.4 Å². The van der Waals surface area contributed by atoms with Crippen molar-refractivity contribution in [2.45, 2.75) is 38.9 Å². The summed E-state index contributed by atoms with van der Waals surface area (Å²) in [6, 6.07) is 0. The number of rotatable bonds is 5. The molecule has 1 aromatic heterocycles. The van der Waals surface area contributed by atoms with Crippen LogP contribution in [0, 0.1) is 5.92 Å². The van der Waals surface area contributed by atoms with E-state index in [9.17, 15) is 5.11 Å². The van der Waals surface area contributed by atoms with Gasteiger partial charge in [0.25, 0.3) is 0 Å². The van der Waals surface area contributed by atoms with E-state index in [2.05, 4.69) is 9.97 Å². The van der Waals surface area contributed by atoms with Gasteiger partial charge in [0.2, 0.25) is 5.88 Å². The zero-order valence-electron chi connectivity index (χ0n) is 11.7. The largest absolute Gasteiger partial charge is 0.473 e. The van der Waals surface area contributed by atoms with Gasteiger partial charge in [0.05, 0.1) is 12.2 Å². The molecule has 1 aromatic rings. The fourth-order valence-electron chi connectivity index (χ4n) is 2.32. The van der Waals surface area contributed by atoms with E-state index in [1.54, 1.807) is 0 Å². The summed E-state index contributed by atoms with van der Waals surface area (Å²) in [7, 11) is 1.95. The zero-order valence-corrected chi connectivity index (χ0v) is 11.7. The van der Waals surface area contributed by atoms with Gasteiger partial charge in [0, 0.05) is 13.6 Å². The molecule has 6 heteroatoms. The molecule has 0 aromatic carbocycles. The molecule has 1 aliphatic carbocycles. The van der Waals surface area contributed by atoms with Crippen molar-refractivity contribution in [2.75, 3.05) is 24.2 Å². The summed E-state index contributed by atoms with van der Waals surface area (Å²) in [5.41, 5.74) is 6.52. The Balaban J connectivity index is 2.06.